The summed E-state index contributed by atoms with van der Waals surface area (Å²) in [7, 11) is -3.68. The maximum Gasteiger partial charge on any atom is 0.475 e. The molecular formula is C20H22ClO8P. The van der Waals surface area contributed by atoms with Crippen molar-refractivity contribution in [1.82, 2.24) is 0 Å². The van der Waals surface area contributed by atoms with Crippen molar-refractivity contribution in [3.63, 3.8) is 0 Å². The van der Waals surface area contributed by atoms with Gasteiger partial charge in [-0.1, -0.05) is 29.8 Å². The monoisotopic (exact) mass is 456 g/mol. The van der Waals surface area contributed by atoms with Crippen molar-refractivity contribution in [3.8, 4) is 11.5 Å². The van der Waals surface area contributed by atoms with Crippen molar-refractivity contribution in [1.29, 1.82) is 0 Å². The van der Waals surface area contributed by atoms with Crippen LogP contribution in [-0.2, 0) is 29.5 Å². The van der Waals surface area contributed by atoms with E-state index in [9.17, 15) is 14.2 Å². The standard InChI is InChI=1S/C20H22ClO8P/c1-4-25-30(24,26-5-2)27-13-15-10-11-16(12-18(15)21)29-20(23)17-8-6-7-9-19(17)28-14(3)22/h6-12H,4-5,13H2,1-3H3. The lowest BCUT2D eigenvalue weighted by atomic mass is 10.2. The Morgan fingerprint density at radius 1 is 0.967 bits per heavy atom. The van der Waals surface area contributed by atoms with E-state index in [1.807, 2.05) is 0 Å². The van der Waals surface area contributed by atoms with E-state index in [1.54, 1.807) is 32.0 Å². The molecular weight excluding hydrogens is 435 g/mol. The number of hydrogen-bond donors (Lipinski definition) is 0. The summed E-state index contributed by atoms with van der Waals surface area (Å²) in [4.78, 5) is 23.7. The highest BCUT2D eigenvalue weighted by molar-refractivity contribution is 7.48. The second-order valence-electron chi connectivity index (χ2n) is 5.79. The predicted octanol–water partition coefficient (Wildman–Crippen LogP) is 5.18. The van der Waals surface area contributed by atoms with Gasteiger partial charge >= 0.3 is 19.8 Å². The summed E-state index contributed by atoms with van der Waals surface area (Å²) in [5, 5.41) is 0.230. The Bertz CT molecular complexity index is 936. The first kappa shape index (κ1) is 24.1. The molecule has 0 saturated carbocycles. The second-order valence-corrected chi connectivity index (χ2v) is 7.86. The van der Waals surface area contributed by atoms with Gasteiger partial charge in [0.15, 0.2) is 0 Å². The minimum absolute atomic E-state index is 0.0885. The van der Waals surface area contributed by atoms with Crippen LogP contribution in [0.4, 0.5) is 0 Å². The molecule has 0 saturated heterocycles. The van der Waals surface area contributed by atoms with Crippen molar-refractivity contribution >= 4 is 31.4 Å². The molecule has 0 atom stereocenters. The topological polar surface area (TPSA) is 97.4 Å². The Morgan fingerprint density at radius 2 is 1.63 bits per heavy atom. The van der Waals surface area contributed by atoms with E-state index in [2.05, 4.69) is 0 Å². The van der Waals surface area contributed by atoms with Gasteiger partial charge in [-0.25, -0.2) is 9.36 Å². The molecule has 0 amide bonds. The van der Waals surface area contributed by atoms with E-state index < -0.39 is 19.8 Å². The van der Waals surface area contributed by atoms with E-state index in [0.29, 0.717) is 5.56 Å². The molecule has 30 heavy (non-hydrogen) atoms. The normalized spacial score (nSPS) is 11.2. The lowest BCUT2D eigenvalue weighted by Gasteiger charge is -2.17. The van der Waals surface area contributed by atoms with E-state index in [1.165, 1.54) is 31.2 Å². The number of carbonyl (C=O) groups excluding carboxylic acids is 2. The highest BCUT2D eigenvalue weighted by atomic mass is 35.5. The molecule has 0 fully saturated rings. The quantitative estimate of drug-likeness (QED) is 0.274. The summed E-state index contributed by atoms with van der Waals surface area (Å²) < 4.78 is 38.1. The zero-order chi connectivity index (χ0) is 22.1. The largest absolute Gasteiger partial charge is 0.475 e. The van der Waals surface area contributed by atoms with Crippen LogP contribution in [0.15, 0.2) is 42.5 Å². The number of phosphoric ester groups is 1. The van der Waals surface area contributed by atoms with Crippen molar-refractivity contribution in [2.45, 2.75) is 27.4 Å². The highest BCUT2D eigenvalue weighted by Crippen LogP contribution is 2.50. The van der Waals surface area contributed by atoms with Gasteiger partial charge in [0.1, 0.15) is 17.1 Å². The van der Waals surface area contributed by atoms with Crippen LogP contribution in [0.5, 0.6) is 11.5 Å². The summed E-state index contributed by atoms with van der Waals surface area (Å²) >= 11 is 6.23. The maximum absolute atomic E-state index is 12.5. The third kappa shape index (κ3) is 6.93. The molecule has 0 heterocycles. The van der Waals surface area contributed by atoms with Crippen molar-refractivity contribution in [2.75, 3.05) is 13.2 Å². The van der Waals surface area contributed by atoms with Crippen LogP contribution in [0.1, 0.15) is 36.7 Å². The Hall–Kier alpha value is -2.22. The van der Waals surface area contributed by atoms with E-state index in [-0.39, 0.29) is 41.9 Å². The summed E-state index contributed by atoms with van der Waals surface area (Å²) in [6.07, 6.45) is 0. The number of hydrogen-bond acceptors (Lipinski definition) is 8. The molecule has 0 radical (unpaired) electrons. The molecule has 2 aromatic carbocycles. The van der Waals surface area contributed by atoms with E-state index in [4.69, 9.17) is 34.6 Å². The van der Waals surface area contributed by atoms with Gasteiger partial charge in [-0.15, -0.1) is 0 Å². The van der Waals surface area contributed by atoms with Gasteiger partial charge in [-0.2, -0.15) is 0 Å². The number of carbonyl (C=O) groups is 2. The third-order valence-electron chi connectivity index (χ3n) is 3.55. The zero-order valence-corrected chi connectivity index (χ0v) is 18.4. The Balaban J connectivity index is 2.10. The Kier molecular flexibility index (Phi) is 9.02. The average Bonchev–Trinajstić information content (AvgIpc) is 2.67. The first-order valence-electron chi connectivity index (χ1n) is 9.09. The number of ether oxygens (including phenoxy) is 2. The maximum atomic E-state index is 12.5. The summed E-state index contributed by atoms with van der Waals surface area (Å²) in [6, 6.07) is 10.7. The van der Waals surface area contributed by atoms with Gasteiger partial charge in [0.2, 0.25) is 0 Å². The molecule has 0 aliphatic rings. The van der Waals surface area contributed by atoms with Gasteiger partial charge in [0, 0.05) is 11.9 Å². The van der Waals surface area contributed by atoms with Crippen molar-refractivity contribution in [3.05, 3.63) is 58.6 Å². The minimum atomic E-state index is -3.68. The van der Waals surface area contributed by atoms with Crippen molar-refractivity contribution < 1.29 is 37.2 Å². The summed E-state index contributed by atoms with van der Waals surface area (Å²) in [6.45, 7) is 4.78. The second kappa shape index (κ2) is 11.2. The zero-order valence-electron chi connectivity index (χ0n) is 16.8. The van der Waals surface area contributed by atoms with E-state index >= 15 is 0 Å². The highest BCUT2D eigenvalue weighted by Gasteiger charge is 2.26. The van der Waals surface area contributed by atoms with Crippen molar-refractivity contribution in [2.24, 2.45) is 0 Å². The number of benzene rings is 2. The van der Waals surface area contributed by atoms with Gasteiger partial charge in [0.05, 0.1) is 19.8 Å². The minimum Gasteiger partial charge on any atom is -0.426 e. The predicted molar refractivity (Wildman–Crippen MR) is 110 cm³/mol. The number of esters is 2. The fraction of sp³-hybridized carbons (Fsp3) is 0.300. The molecule has 2 rings (SSSR count). The van der Waals surface area contributed by atoms with Gasteiger partial charge in [0.25, 0.3) is 0 Å². The molecule has 0 aromatic heterocycles. The molecule has 0 aliphatic heterocycles. The first-order valence-corrected chi connectivity index (χ1v) is 10.9. The molecule has 0 aliphatic carbocycles. The van der Waals surface area contributed by atoms with Crippen LogP contribution >= 0.6 is 19.4 Å². The number of phosphoric acid groups is 1. The average molecular weight is 457 g/mol. The van der Waals surface area contributed by atoms with Crippen LogP contribution in [0.2, 0.25) is 5.02 Å². The molecule has 0 spiro atoms. The number of halogens is 1. The van der Waals surface area contributed by atoms with Crippen LogP contribution in [-0.4, -0.2) is 25.2 Å². The SMILES string of the molecule is CCOP(=O)(OCC)OCc1ccc(OC(=O)c2ccccc2OC(C)=O)cc1Cl. The summed E-state index contributed by atoms with van der Waals surface area (Å²) in [5.74, 6) is -1.01. The van der Waals surface area contributed by atoms with Crippen LogP contribution < -0.4 is 9.47 Å². The van der Waals surface area contributed by atoms with E-state index in [0.717, 1.165) is 0 Å². The molecule has 0 N–H and O–H groups in total. The number of rotatable bonds is 10. The fourth-order valence-corrected chi connectivity index (χ4v) is 3.70. The van der Waals surface area contributed by atoms with Gasteiger partial charge in [-0.3, -0.25) is 18.4 Å². The lowest BCUT2D eigenvalue weighted by molar-refractivity contribution is -0.131. The van der Waals surface area contributed by atoms with Crippen LogP contribution in [0.25, 0.3) is 0 Å². The molecule has 10 heteroatoms. The number of para-hydroxylation sites is 1. The molecule has 8 nitrogen and oxygen atoms in total. The lowest BCUT2D eigenvalue weighted by Crippen LogP contribution is -2.12. The van der Waals surface area contributed by atoms with Gasteiger partial charge < -0.3 is 9.47 Å². The van der Waals surface area contributed by atoms with Crippen LogP contribution in [0.3, 0.4) is 0 Å². The third-order valence-corrected chi connectivity index (χ3v) is 5.49. The Labute approximate surface area is 179 Å². The molecule has 0 unspecified atom stereocenters. The Morgan fingerprint density at radius 3 is 2.23 bits per heavy atom. The summed E-state index contributed by atoms with van der Waals surface area (Å²) in [5.41, 5.74) is 0.585. The first-order chi connectivity index (χ1) is 14.3. The van der Waals surface area contributed by atoms with Gasteiger partial charge in [-0.05, 0) is 43.7 Å². The van der Waals surface area contributed by atoms with Crippen LogP contribution in [0, 0.1) is 0 Å². The molecule has 162 valence electrons. The molecule has 0 bridgehead atoms. The smallest absolute Gasteiger partial charge is 0.426 e. The molecule has 2 aromatic rings. The fourth-order valence-electron chi connectivity index (χ4n) is 2.33.